The fraction of sp³-hybridized carbons (Fsp3) is 0.133. The molecule has 0 saturated carbocycles. The number of aromatic nitrogens is 3. The van der Waals surface area contributed by atoms with Gasteiger partial charge in [-0.1, -0.05) is 0 Å². The van der Waals surface area contributed by atoms with Crippen molar-refractivity contribution in [2.75, 3.05) is 5.73 Å². The molecule has 0 atom stereocenters. The summed E-state index contributed by atoms with van der Waals surface area (Å²) in [6, 6.07) is 5.36. The Morgan fingerprint density at radius 1 is 1.24 bits per heavy atom. The lowest BCUT2D eigenvalue weighted by Gasteiger charge is -2.09. The topological polar surface area (TPSA) is 94.0 Å². The van der Waals surface area contributed by atoms with Gasteiger partial charge in [0.25, 0.3) is 0 Å². The second-order valence-corrected chi connectivity index (χ2v) is 4.94. The average molecular weight is 282 g/mol. The van der Waals surface area contributed by atoms with Crippen LogP contribution >= 0.6 is 0 Å². The molecule has 0 radical (unpaired) electrons. The summed E-state index contributed by atoms with van der Waals surface area (Å²) in [5, 5.41) is 9.15. The molecule has 0 aliphatic rings. The molecule has 0 saturated heterocycles. The predicted molar refractivity (Wildman–Crippen MR) is 79.7 cm³/mol. The number of aryl methyl sites for hydroxylation is 2. The highest BCUT2D eigenvalue weighted by atomic mass is 16.4. The first-order valence-electron chi connectivity index (χ1n) is 6.41. The number of carboxylic acid groups (broad SMARTS) is 1. The standard InChI is InChI=1S/C15H14N4O2/c1-8-5-11-12(6-9(8)2)19(7-18-11)14-13(16)10(15(20)21)3-4-17-14/h3-7H,16H2,1-2H3,(H,20,21). The van der Waals surface area contributed by atoms with E-state index in [1.807, 2.05) is 26.0 Å². The number of nitrogens with zero attached hydrogens (tertiary/aromatic N) is 3. The van der Waals surface area contributed by atoms with E-state index in [-0.39, 0.29) is 11.3 Å². The maximum Gasteiger partial charge on any atom is 0.337 e. The van der Waals surface area contributed by atoms with Crippen LogP contribution in [0.15, 0.2) is 30.7 Å². The molecule has 0 fully saturated rings. The molecule has 21 heavy (non-hydrogen) atoms. The molecule has 2 heterocycles. The van der Waals surface area contributed by atoms with E-state index in [0.29, 0.717) is 5.82 Å². The third-order valence-electron chi connectivity index (χ3n) is 3.59. The van der Waals surface area contributed by atoms with Gasteiger partial charge in [-0.05, 0) is 43.2 Å². The van der Waals surface area contributed by atoms with Crippen LogP contribution in [-0.2, 0) is 0 Å². The van der Waals surface area contributed by atoms with Crippen LogP contribution in [0.1, 0.15) is 21.5 Å². The highest BCUT2D eigenvalue weighted by molar-refractivity contribution is 5.95. The molecular formula is C15H14N4O2. The monoisotopic (exact) mass is 282 g/mol. The minimum Gasteiger partial charge on any atom is -0.478 e. The first-order valence-corrected chi connectivity index (χ1v) is 6.41. The van der Waals surface area contributed by atoms with E-state index in [1.165, 1.54) is 12.3 Å². The van der Waals surface area contributed by atoms with Crippen molar-refractivity contribution in [2.45, 2.75) is 13.8 Å². The number of rotatable bonds is 2. The molecule has 0 amide bonds. The molecule has 2 aromatic heterocycles. The maximum atomic E-state index is 11.2. The molecular weight excluding hydrogens is 268 g/mol. The first kappa shape index (κ1) is 13.1. The van der Waals surface area contributed by atoms with E-state index in [4.69, 9.17) is 10.8 Å². The Labute approximate surface area is 120 Å². The quantitative estimate of drug-likeness (QED) is 0.752. The Morgan fingerprint density at radius 3 is 2.67 bits per heavy atom. The highest BCUT2D eigenvalue weighted by Crippen LogP contribution is 2.25. The van der Waals surface area contributed by atoms with Crippen LogP contribution in [0.4, 0.5) is 5.69 Å². The molecule has 0 aliphatic carbocycles. The van der Waals surface area contributed by atoms with Crippen LogP contribution in [-0.4, -0.2) is 25.6 Å². The van der Waals surface area contributed by atoms with Crippen molar-refractivity contribution < 1.29 is 9.90 Å². The molecule has 3 rings (SSSR count). The summed E-state index contributed by atoms with van der Waals surface area (Å²) in [4.78, 5) is 19.7. The number of anilines is 1. The predicted octanol–water partition coefficient (Wildman–Crippen LogP) is 2.32. The van der Waals surface area contributed by atoms with Crippen LogP contribution < -0.4 is 5.73 Å². The molecule has 1 aromatic carbocycles. The number of nitrogen functional groups attached to an aromatic ring is 1. The van der Waals surface area contributed by atoms with Crippen LogP contribution in [0.2, 0.25) is 0 Å². The molecule has 6 nitrogen and oxygen atoms in total. The maximum absolute atomic E-state index is 11.2. The summed E-state index contributed by atoms with van der Waals surface area (Å²) in [5.41, 5.74) is 10.0. The molecule has 0 unspecified atom stereocenters. The number of benzene rings is 1. The molecule has 0 spiro atoms. The molecule has 0 aliphatic heterocycles. The van der Waals surface area contributed by atoms with Gasteiger partial charge < -0.3 is 10.8 Å². The van der Waals surface area contributed by atoms with Crippen molar-refractivity contribution in [3.8, 4) is 5.82 Å². The van der Waals surface area contributed by atoms with Crippen molar-refractivity contribution in [3.05, 3.63) is 47.4 Å². The Balaban J connectivity index is 2.29. The number of aromatic carboxylic acids is 1. The Kier molecular flexibility index (Phi) is 2.86. The van der Waals surface area contributed by atoms with Crippen LogP contribution in [0.3, 0.4) is 0 Å². The van der Waals surface area contributed by atoms with Crippen LogP contribution in [0, 0.1) is 13.8 Å². The second kappa shape index (κ2) is 4.59. The number of pyridine rings is 1. The SMILES string of the molecule is Cc1cc2ncn(-c3nccc(C(=O)O)c3N)c2cc1C. The van der Waals surface area contributed by atoms with Crippen molar-refractivity contribution in [2.24, 2.45) is 0 Å². The number of hydrogen-bond acceptors (Lipinski definition) is 4. The molecule has 0 bridgehead atoms. The number of carbonyl (C=O) groups is 1. The van der Waals surface area contributed by atoms with E-state index in [1.54, 1.807) is 10.9 Å². The van der Waals surface area contributed by atoms with Gasteiger partial charge in [-0.25, -0.2) is 14.8 Å². The Bertz CT molecular complexity index is 867. The van der Waals surface area contributed by atoms with Gasteiger partial charge in [0.05, 0.1) is 22.3 Å². The second-order valence-electron chi connectivity index (χ2n) is 4.94. The van der Waals surface area contributed by atoms with Crippen molar-refractivity contribution in [1.82, 2.24) is 14.5 Å². The number of fused-ring (bicyclic) bond motifs is 1. The van der Waals surface area contributed by atoms with Crippen molar-refractivity contribution in [3.63, 3.8) is 0 Å². The molecule has 6 heteroatoms. The number of imidazole rings is 1. The fourth-order valence-electron chi connectivity index (χ4n) is 2.27. The zero-order valence-corrected chi connectivity index (χ0v) is 11.7. The number of nitrogens with two attached hydrogens (primary N) is 1. The summed E-state index contributed by atoms with van der Waals surface area (Å²) < 4.78 is 1.71. The minimum atomic E-state index is -1.08. The smallest absolute Gasteiger partial charge is 0.337 e. The lowest BCUT2D eigenvalue weighted by Crippen LogP contribution is -2.08. The van der Waals surface area contributed by atoms with Gasteiger partial charge in [-0.2, -0.15) is 0 Å². The normalized spacial score (nSPS) is 11.0. The summed E-state index contributed by atoms with van der Waals surface area (Å²) >= 11 is 0. The third-order valence-corrected chi connectivity index (χ3v) is 3.59. The zero-order valence-electron chi connectivity index (χ0n) is 11.7. The summed E-state index contributed by atoms with van der Waals surface area (Å²) in [5.74, 6) is -0.701. The van der Waals surface area contributed by atoms with Crippen molar-refractivity contribution in [1.29, 1.82) is 0 Å². The highest BCUT2D eigenvalue weighted by Gasteiger charge is 2.15. The molecule has 3 N–H and O–H groups in total. The fourth-order valence-corrected chi connectivity index (χ4v) is 2.27. The molecule has 3 aromatic rings. The lowest BCUT2D eigenvalue weighted by molar-refractivity contribution is 0.0698. The van der Waals surface area contributed by atoms with Crippen LogP contribution in [0.5, 0.6) is 0 Å². The van der Waals surface area contributed by atoms with Crippen LogP contribution in [0.25, 0.3) is 16.9 Å². The van der Waals surface area contributed by atoms with Gasteiger partial charge in [-0.3, -0.25) is 4.57 Å². The Morgan fingerprint density at radius 2 is 1.95 bits per heavy atom. The number of carboxylic acids is 1. The first-order chi connectivity index (χ1) is 9.99. The minimum absolute atomic E-state index is 0.0330. The Hall–Kier alpha value is -2.89. The summed E-state index contributed by atoms with van der Waals surface area (Å²) in [7, 11) is 0. The summed E-state index contributed by atoms with van der Waals surface area (Å²) in [6.45, 7) is 4.03. The zero-order chi connectivity index (χ0) is 15.1. The van der Waals surface area contributed by atoms with E-state index in [0.717, 1.165) is 22.2 Å². The molecule has 106 valence electrons. The third kappa shape index (κ3) is 2.01. The van der Waals surface area contributed by atoms with Crippen molar-refractivity contribution >= 4 is 22.7 Å². The van der Waals surface area contributed by atoms with Gasteiger partial charge in [0, 0.05) is 6.20 Å². The van der Waals surface area contributed by atoms with E-state index >= 15 is 0 Å². The van der Waals surface area contributed by atoms with Gasteiger partial charge >= 0.3 is 5.97 Å². The average Bonchev–Trinajstić information content (AvgIpc) is 2.82. The largest absolute Gasteiger partial charge is 0.478 e. The number of hydrogen-bond donors (Lipinski definition) is 2. The van der Waals surface area contributed by atoms with Gasteiger partial charge in [0.1, 0.15) is 6.33 Å². The van der Waals surface area contributed by atoms with E-state index < -0.39 is 5.97 Å². The van der Waals surface area contributed by atoms with Gasteiger partial charge in [0.15, 0.2) is 5.82 Å². The van der Waals surface area contributed by atoms with E-state index in [9.17, 15) is 4.79 Å². The van der Waals surface area contributed by atoms with E-state index in [2.05, 4.69) is 9.97 Å². The van der Waals surface area contributed by atoms with Gasteiger partial charge in [-0.15, -0.1) is 0 Å². The summed E-state index contributed by atoms with van der Waals surface area (Å²) in [6.07, 6.45) is 3.04. The van der Waals surface area contributed by atoms with Gasteiger partial charge in [0.2, 0.25) is 0 Å². The lowest BCUT2D eigenvalue weighted by atomic mass is 10.1.